The highest BCUT2D eigenvalue weighted by atomic mass is 16.4. The molecule has 1 amide bonds. The van der Waals surface area contributed by atoms with E-state index < -0.39 is 11.9 Å². The lowest BCUT2D eigenvalue weighted by atomic mass is 10.1. The van der Waals surface area contributed by atoms with Crippen molar-refractivity contribution in [1.82, 2.24) is 15.1 Å². The number of carboxylic acid groups (broad SMARTS) is 1. The van der Waals surface area contributed by atoms with E-state index in [0.717, 1.165) is 11.1 Å². The van der Waals surface area contributed by atoms with Crippen LogP contribution in [0.1, 0.15) is 21.5 Å². The van der Waals surface area contributed by atoms with Gasteiger partial charge < -0.3 is 10.4 Å². The molecule has 0 fully saturated rings. The zero-order chi connectivity index (χ0) is 14.5. The minimum atomic E-state index is -1.07. The molecular formula is C14H15N3O3. The van der Waals surface area contributed by atoms with Crippen molar-refractivity contribution in [3.8, 4) is 0 Å². The van der Waals surface area contributed by atoms with Gasteiger partial charge in [0.25, 0.3) is 5.91 Å². The summed E-state index contributed by atoms with van der Waals surface area (Å²) in [5.74, 6) is -1.47. The number of hydrogen-bond donors (Lipinski definition) is 2. The van der Waals surface area contributed by atoms with Crippen LogP contribution in [0.5, 0.6) is 0 Å². The first-order valence-electron chi connectivity index (χ1n) is 6.12. The fourth-order valence-corrected chi connectivity index (χ4v) is 1.81. The van der Waals surface area contributed by atoms with Gasteiger partial charge in [0.15, 0.2) is 0 Å². The highest BCUT2D eigenvalue weighted by Crippen LogP contribution is 2.07. The minimum Gasteiger partial charge on any atom is -0.480 e. The molecule has 0 saturated heterocycles. The van der Waals surface area contributed by atoms with Crippen molar-refractivity contribution in [2.24, 2.45) is 0 Å². The molecule has 0 aliphatic carbocycles. The Labute approximate surface area is 116 Å². The fourth-order valence-electron chi connectivity index (χ4n) is 1.81. The zero-order valence-electron chi connectivity index (χ0n) is 11.0. The van der Waals surface area contributed by atoms with Gasteiger partial charge >= 0.3 is 5.97 Å². The molecule has 1 heterocycles. The number of benzene rings is 1. The van der Waals surface area contributed by atoms with Gasteiger partial charge in [-0.05, 0) is 30.2 Å². The van der Waals surface area contributed by atoms with Gasteiger partial charge in [-0.2, -0.15) is 5.10 Å². The second-order valence-corrected chi connectivity index (χ2v) is 4.49. The number of carbonyl (C=O) groups excluding carboxylic acids is 1. The topological polar surface area (TPSA) is 84.2 Å². The molecule has 104 valence electrons. The first-order valence-corrected chi connectivity index (χ1v) is 6.12. The molecule has 6 nitrogen and oxygen atoms in total. The summed E-state index contributed by atoms with van der Waals surface area (Å²) in [4.78, 5) is 22.2. The molecule has 0 aliphatic heterocycles. The summed E-state index contributed by atoms with van der Waals surface area (Å²) in [5, 5.41) is 15.1. The first-order chi connectivity index (χ1) is 9.54. The van der Waals surface area contributed by atoms with Crippen molar-refractivity contribution < 1.29 is 14.7 Å². The number of aryl methyl sites for hydroxylation is 1. The summed E-state index contributed by atoms with van der Waals surface area (Å²) < 4.78 is 1.78. The molecule has 1 aromatic carbocycles. The number of carboxylic acids is 1. The van der Waals surface area contributed by atoms with E-state index in [1.54, 1.807) is 29.1 Å². The van der Waals surface area contributed by atoms with Gasteiger partial charge in [-0.3, -0.25) is 14.3 Å². The van der Waals surface area contributed by atoms with Crippen LogP contribution in [-0.4, -0.2) is 33.3 Å². The molecule has 0 atom stereocenters. The third-order valence-electron chi connectivity index (χ3n) is 2.70. The molecule has 1 aromatic heterocycles. The Morgan fingerprint density at radius 2 is 2.20 bits per heavy atom. The van der Waals surface area contributed by atoms with E-state index in [1.807, 2.05) is 19.2 Å². The van der Waals surface area contributed by atoms with Crippen LogP contribution in [0.25, 0.3) is 0 Å². The van der Waals surface area contributed by atoms with E-state index in [9.17, 15) is 9.59 Å². The number of hydrogen-bond acceptors (Lipinski definition) is 3. The van der Waals surface area contributed by atoms with Crippen LogP contribution in [0.3, 0.4) is 0 Å². The van der Waals surface area contributed by atoms with Crippen LogP contribution in [0, 0.1) is 6.92 Å². The molecule has 2 aromatic rings. The second-order valence-electron chi connectivity index (χ2n) is 4.49. The molecule has 0 unspecified atom stereocenters. The number of rotatable bonds is 5. The van der Waals surface area contributed by atoms with Crippen molar-refractivity contribution in [3.05, 3.63) is 53.3 Å². The second kappa shape index (κ2) is 6.01. The van der Waals surface area contributed by atoms with Crippen LogP contribution in [0.2, 0.25) is 0 Å². The third-order valence-corrected chi connectivity index (χ3v) is 2.70. The quantitative estimate of drug-likeness (QED) is 0.853. The van der Waals surface area contributed by atoms with Crippen LogP contribution >= 0.6 is 0 Å². The number of nitrogens with zero attached hydrogens (tertiary/aromatic N) is 2. The summed E-state index contributed by atoms with van der Waals surface area (Å²) in [5.41, 5.74) is 2.43. The number of aromatic nitrogens is 2. The van der Waals surface area contributed by atoms with E-state index in [1.165, 1.54) is 0 Å². The smallest absolute Gasteiger partial charge is 0.322 e. The molecule has 0 aliphatic rings. The monoisotopic (exact) mass is 273 g/mol. The zero-order valence-corrected chi connectivity index (χ0v) is 11.0. The largest absolute Gasteiger partial charge is 0.480 e. The summed E-state index contributed by atoms with van der Waals surface area (Å²) in [6.07, 6.45) is 3.68. The van der Waals surface area contributed by atoms with E-state index in [4.69, 9.17) is 5.11 Å². The normalized spacial score (nSPS) is 10.2. The molecule has 2 rings (SSSR count). The third kappa shape index (κ3) is 3.68. The Kier molecular flexibility index (Phi) is 4.14. The first kappa shape index (κ1) is 13.8. The standard InChI is InChI=1S/C14H15N3O3/c1-10-6-16-17(8-10)9-11-3-2-4-12(5-11)14(20)15-7-13(18)19/h2-6,8H,7,9H2,1H3,(H,15,20)(H,18,19). The summed E-state index contributed by atoms with van der Waals surface area (Å²) in [6.45, 7) is 2.13. The Morgan fingerprint density at radius 1 is 1.40 bits per heavy atom. The molecule has 0 saturated carbocycles. The lowest BCUT2D eigenvalue weighted by Gasteiger charge is -2.06. The maximum atomic E-state index is 11.8. The molecule has 0 spiro atoms. The molecule has 0 radical (unpaired) electrons. The van der Waals surface area contributed by atoms with E-state index in [-0.39, 0.29) is 6.54 Å². The van der Waals surface area contributed by atoms with Crippen LogP contribution in [0.4, 0.5) is 0 Å². The average molecular weight is 273 g/mol. The van der Waals surface area contributed by atoms with Crippen molar-refractivity contribution in [2.45, 2.75) is 13.5 Å². The Bertz CT molecular complexity index is 634. The van der Waals surface area contributed by atoms with Gasteiger partial charge in [0.05, 0.1) is 12.7 Å². The number of carbonyl (C=O) groups is 2. The van der Waals surface area contributed by atoms with Gasteiger partial charge in [-0.25, -0.2) is 0 Å². The molecule has 0 bridgehead atoms. The lowest BCUT2D eigenvalue weighted by molar-refractivity contribution is -0.135. The minimum absolute atomic E-state index is 0.387. The van der Waals surface area contributed by atoms with Crippen LogP contribution in [0.15, 0.2) is 36.7 Å². The Hall–Kier alpha value is -2.63. The van der Waals surface area contributed by atoms with Crippen molar-refractivity contribution in [3.63, 3.8) is 0 Å². The van der Waals surface area contributed by atoms with Crippen molar-refractivity contribution in [2.75, 3.05) is 6.54 Å². The summed E-state index contributed by atoms with van der Waals surface area (Å²) in [7, 11) is 0. The Balaban J connectivity index is 2.07. The molecule has 6 heteroatoms. The van der Waals surface area contributed by atoms with E-state index >= 15 is 0 Å². The fraction of sp³-hybridized carbons (Fsp3) is 0.214. The van der Waals surface area contributed by atoms with E-state index in [2.05, 4.69) is 10.4 Å². The molecular weight excluding hydrogens is 258 g/mol. The molecule has 20 heavy (non-hydrogen) atoms. The van der Waals surface area contributed by atoms with E-state index in [0.29, 0.717) is 12.1 Å². The summed E-state index contributed by atoms with van der Waals surface area (Å²) >= 11 is 0. The highest BCUT2D eigenvalue weighted by Gasteiger charge is 2.08. The van der Waals surface area contributed by atoms with Gasteiger partial charge in [0.1, 0.15) is 6.54 Å². The maximum Gasteiger partial charge on any atom is 0.322 e. The Morgan fingerprint density at radius 3 is 2.85 bits per heavy atom. The SMILES string of the molecule is Cc1cnn(Cc2cccc(C(=O)NCC(=O)O)c2)c1. The molecule has 2 N–H and O–H groups in total. The van der Waals surface area contributed by atoms with Crippen molar-refractivity contribution in [1.29, 1.82) is 0 Å². The van der Waals surface area contributed by atoms with Gasteiger partial charge in [-0.1, -0.05) is 12.1 Å². The predicted molar refractivity (Wildman–Crippen MR) is 72.5 cm³/mol. The average Bonchev–Trinajstić information content (AvgIpc) is 2.81. The van der Waals surface area contributed by atoms with Gasteiger partial charge in [0, 0.05) is 11.8 Å². The van der Waals surface area contributed by atoms with Crippen LogP contribution in [-0.2, 0) is 11.3 Å². The number of nitrogens with one attached hydrogen (secondary N) is 1. The van der Waals surface area contributed by atoms with Crippen molar-refractivity contribution >= 4 is 11.9 Å². The highest BCUT2D eigenvalue weighted by molar-refractivity contribution is 5.95. The predicted octanol–water partition coefficient (Wildman–Crippen LogP) is 1.05. The van der Waals surface area contributed by atoms with Gasteiger partial charge in [0.2, 0.25) is 0 Å². The summed E-state index contributed by atoms with van der Waals surface area (Å²) in [6, 6.07) is 7.04. The maximum absolute atomic E-state index is 11.8. The lowest BCUT2D eigenvalue weighted by Crippen LogP contribution is -2.29. The number of aliphatic carboxylic acids is 1. The number of amides is 1. The van der Waals surface area contributed by atoms with Crippen LogP contribution < -0.4 is 5.32 Å². The van der Waals surface area contributed by atoms with Gasteiger partial charge in [-0.15, -0.1) is 0 Å².